The van der Waals surface area contributed by atoms with Crippen LogP contribution in [-0.4, -0.2) is 32.3 Å². The third-order valence-corrected chi connectivity index (χ3v) is 3.96. The zero-order valence-electron chi connectivity index (χ0n) is 15.0. The van der Waals surface area contributed by atoms with E-state index in [1.807, 2.05) is 30.3 Å². The first-order valence-electron chi connectivity index (χ1n) is 8.19. The largest absolute Gasteiger partial charge is 0.352 e. The highest BCUT2D eigenvalue weighted by Gasteiger charge is 2.03. The number of guanidine groups is 1. The molecule has 2 aromatic heterocycles. The second kappa shape index (κ2) is 9.95. The van der Waals surface area contributed by atoms with Gasteiger partial charge in [-0.1, -0.05) is 24.3 Å². The van der Waals surface area contributed by atoms with Crippen LogP contribution in [0.3, 0.4) is 0 Å². The summed E-state index contributed by atoms with van der Waals surface area (Å²) in [5.41, 5.74) is 3.56. The van der Waals surface area contributed by atoms with Gasteiger partial charge in [-0.15, -0.1) is 24.0 Å². The van der Waals surface area contributed by atoms with Crippen molar-refractivity contribution in [1.29, 1.82) is 0 Å². The number of benzene rings is 1. The van der Waals surface area contributed by atoms with Gasteiger partial charge in [0.1, 0.15) is 0 Å². The Balaban J connectivity index is 0.00000243. The number of halogens is 1. The van der Waals surface area contributed by atoms with Crippen molar-refractivity contribution in [1.82, 2.24) is 30.0 Å². The van der Waals surface area contributed by atoms with Crippen LogP contribution in [0.2, 0.25) is 0 Å². The molecule has 2 N–H and O–H groups in total. The summed E-state index contributed by atoms with van der Waals surface area (Å²) in [6, 6.07) is 10.5. The highest BCUT2D eigenvalue weighted by Crippen LogP contribution is 2.07. The molecule has 2 heterocycles. The summed E-state index contributed by atoms with van der Waals surface area (Å²) < 4.78 is 3.90. The normalized spacial score (nSPS) is 11.1. The summed E-state index contributed by atoms with van der Waals surface area (Å²) in [6.45, 7) is 2.21. The first-order valence-corrected chi connectivity index (χ1v) is 8.19. The van der Waals surface area contributed by atoms with Gasteiger partial charge in [-0.3, -0.25) is 9.67 Å². The number of aromatic nitrogens is 4. The Labute approximate surface area is 170 Å². The molecule has 3 aromatic rings. The number of rotatable bonds is 6. The van der Waals surface area contributed by atoms with E-state index in [4.69, 9.17) is 0 Å². The van der Waals surface area contributed by atoms with Gasteiger partial charge in [-0.25, -0.2) is 4.98 Å². The third kappa shape index (κ3) is 5.58. The van der Waals surface area contributed by atoms with Crippen LogP contribution in [-0.2, 0) is 26.7 Å². The number of hydrogen-bond donors (Lipinski definition) is 2. The fourth-order valence-corrected chi connectivity index (χ4v) is 2.58. The van der Waals surface area contributed by atoms with Gasteiger partial charge >= 0.3 is 0 Å². The fourth-order valence-electron chi connectivity index (χ4n) is 2.58. The van der Waals surface area contributed by atoms with Crippen LogP contribution in [0.5, 0.6) is 0 Å². The van der Waals surface area contributed by atoms with Gasteiger partial charge in [-0.05, 0) is 17.2 Å². The lowest BCUT2D eigenvalue weighted by Gasteiger charge is -2.13. The van der Waals surface area contributed by atoms with E-state index in [9.17, 15) is 0 Å². The summed E-state index contributed by atoms with van der Waals surface area (Å²) >= 11 is 0. The highest BCUT2D eigenvalue weighted by atomic mass is 127. The molecule has 0 aliphatic heterocycles. The van der Waals surface area contributed by atoms with E-state index >= 15 is 0 Å². The molecule has 0 atom stereocenters. The molecule has 0 aliphatic carbocycles. The first-order chi connectivity index (χ1) is 12.2. The summed E-state index contributed by atoms with van der Waals surface area (Å²) in [4.78, 5) is 8.35. The molecule has 138 valence electrons. The Morgan fingerprint density at radius 3 is 2.62 bits per heavy atom. The topological polar surface area (TPSA) is 72.1 Å². The molecule has 0 saturated carbocycles. The molecule has 0 fully saturated rings. The lowest BCUT2D eigenvalue weighted by Crippen LogP contribution is -2.36. The van der Waals surface area contributed by atoms with Crippen molar-refractivity contribution in [2.24, 2.45) is 12.0 Å². The Bertz CT molecular complexity index is 824. The van der Waals surface area contributed by atoms with Crippen molar-refractivity contribution >= 4 is 29.9 Å². The predicted octanol–water partition coefficient (Wildman–Crippen LogP) is 2.15. The van der Waals surface area contributed by atoms with Gasteiger partial charge in [-0.2, -0.15) is 5.10 Å². The lowest BCUT2D eigenvalue weighted by molar-refractivity contribution is 0.684. The van der Waals surface area contributed by atoms with Crippen LogP contribution in [0.25, 0.3) is 0 Å². The van der Waals surface area contributed by atoms with Crippen molar-refractivity contribution in [3.05, 3.63) is 72.1 Å². The van der Waals surface area contributed by atoms with Gasteiger partial charge in [0.05, 0.1) is 18.6 Å². The zero-order chi connectivity index (χ0) is 17.5. The minimum absolute atomic E-state index is 0. The molecular weight excluding hydrogens is 441 g/mol. The fraction of sp³-hybridized carbons (Fsp3) is 0.278. The first kappa shape index (κ1) is 20.0. The smallest absolute Gasteiger partial charge is 0.191 e. The molecule has 1 aromatic carbocycles. The van der Waals surface area contributed by atoms with Gasteiger partial charge in [0.25, 0.3) is 0 Å². The van der Waals surface area contributed by atoms with E-state index in [1.165, 1.54) is 11.1 Å². The maximum atomic E-state index is 4.27. The zero-order valence-corrected chi connectivity index (χ0v) is 17.3. The van der Waals surface area contributed by atoms with Gasteiger partial charge < -0.3 is 15.2 Å². The standard InChI is InChI=1S/C18H23N7.HI/c1-19-18(22-12-17-6-7-23-24(17)2)21-11-15-4-3-5-16(10-15)13-25-9-8-20-14-25;/h3-10,14H,11-13H2,1-2H3,(H2,19,21,22);1H. The summed E-state index contributed by atoms with van der Waals surface area (Å²) in [5, 5.41) is 10.8. The Morgan fingerprint density at radius 2 is 1.92 bits per heavy atom. The number of hydrogen-bond acceptors (Lipinski definition) is 3. The second-order valence-electron chi connectivity index (χ2n) is 5.78. The summed E-state index contributed by atoms with van der Waals surface area (Å²) in [7, 11) is 3.70. The molecule has 26 heavy (non-hydrogen) atoms. The number of nitrogens with one attached hydrogen (secondary N) is 2. The Morgan fingerprint density at radius 1 is 1.12 bits per heavy atom. The van der Waals surface area contributed by atoms with Crippen LogP contribution in [0.15, 0.2) is 60.2 Å². The molecule has 0 amide bonds. The van der Waals surface area contributed by atoms with Crippen LogP contribution in [0, 0.1) is 0 Å². The van der Waals surface area contributed by atoms with Crippen molar-refractivity contribution in [3.63, 3.8) is 0 Å². The molecule has 0 saturated heterocycles. The van der Waals surface area contributed by atoms with E-state index in [2.05, 4.69) is 54.5 Å². The molecule has 0 bridgehead atoms. The summed E-state index contributed by atoms with van der Waals surface area (Å²) in [5.74, 6) is 0.765. The van der Waals surface area contributed by atoms with E-state index < -0.39 is 0 Å². The van der Waals surface area contributed by atoms with Crippen LogP contribution in [0.1, 0.15) is 16.8 Å². The quantitative estimate of drug-likeness (QED) is 0.333. The van der Waals surface area contributed by atoms with E-state index in [-0.39, 0.29) is 24.0 Å². The van der Waals surface area contributed by atoms with Crippen molar-refractivity contribution in [3.8, 4) is 0 Å². The molecule has 0 aliphatic rings. The average Bonchev–Trinajstić information content (AvgIpc) is 3.27. The molecule has 0 unspecified atom stereocenters. The lowest BCUT2D eigenvalue weighted by atomic mass is 10.1. The number of aliphatic imine (C=N–C) groups is 1. The SMILES string of the molecule is CN=C(NCc1cccc(Cn2ccnc2)c1)NCc1ccnn1C.I. The van der Waals surface area contributed by atoms with Crippen LogP contribution in [0.4, 0.5) is 0 Å². The number of nitrogens with zero attached hydrogens (tertiary/aromatic N) is 5. The van der Waals surface area contributed by atoms with Crippen molar-refractivity contribution in [2.45, 2.75) is 19.6 Å². The van der Waals surface area contributed by atoms with Gasteiger partial charge in [0.15, 0.2) is 5.96 Å². The molecular formula is C18H24IN7. The van der Waals surface area contributed by atoms with Crippen molar-refractivity contribution < 1.29 is 0 Å². The molecule has 0 spiro atoms. The van der Waals surface area contributed by atoms with Gasteiger partial charge in [0, 0.05) is 45.8 Å². The maximum Gasteiger partial charge on any atom is 0.191 e. The minimum Gasteiger partial charge on any atom is -0.352 e. The van der Waals surface area contributed by atoms with E-state index in [0.717, 1.165) is 18.2 Å². The second-order valence-corrected chi connectivity index (χ2v) is 5.78. The van der Waals surface area contributed by atoms with E-state index in [1.54, 1.807) is 19.4 Å². The molecule has 7 nitrogen and oxygen atoms in total. The number of aryl methyl sites for hydroxylation is 1. The molecule has 3 rings (SSSR count). The van der Waals surface area contributed by atoms with E-state index in [0.29, 0.717) is 13.1 Å². The van der Waals surface area contributed by atoms with Gasteiger partial charge in [0.2, 0.25) is 0 Å². The Kier molecular flexibility index (Phi) is 7.64. The third-order valence-electron chi connectivity index (χ3n) is 3.96. The highest BCUT2D eigenvalue weighted by molar-refractivity contribution is 14.0. The van der Waals surface area contributed by atoms with Crippen LogP contribution < -0.4 is 10.6 Å². The van der Waals surface area contributed by atoms with Crippen LogP contribution >= 0.6 is 24.0 Å². The Hall–Kier alpha value is -2.36. The molecule has 8 heteroatoms. The maximum absolute atomic E-state index is 4.27. The average molecular weight is 465 g/mol. The predicted molar refractivity (Wildman–Crippen MR) is 113 cm³/mol. The monoisotopic (exact) mass is 465 g/mol. The minimum atomic E-state index is 0. The number of imidazole rings is 1. The summed E-state index contributed by atoms with van der Waals surface area (Å²) in [6.07, 6.45) is 7.38. The molecule has 0 radical (unpaired) electrons. The van der Waals surface area contributed by atoms with Crippen molar-refractivity contribution in [2.75, 3.05) is 7.05 Å².